The zero-order chi connectivity index (χ0) is 12.3. The van der Waals surface area contributed by atoms with E-state index >= 15 is 0 Å². The molecule has 0 amide bonds. The third-order valence-electron chi connectivity index (χ3n) is 4.29. The molecule has 1 aromatic rings. The van der Waals surface area contributed by atoms with Gasteiger partial charge in [0.05, 0.1) is 6.10 Å². The Morgan fingerprint density at radius 2 is 2.18 bits per heavy atom. The van der Waals surface area contributed by atoms with Crippen LogP contribution in [0.3, 0.4) is 0 Å². The molecule has 1 aliphatic carbocycles. The van der Waals surface area contributed by atoms with E-state index in [0.717, 1.165) is 6.42 Å². The molecule has 1 aliphatic rings. The smallest absolute Gasteiger partial charge is 0.0611 e. The lowest BCUT2D eigenvalue weighted by atomic mass is 9.80. The van der Waals surface area contributed by atoms with Crippen molar-refractivity contribution in [3.05, 3.63) is 21.9 Å². The van der Waals surface area contributed by atoms with Gasteiger partial charge in [0.1, 0.15) is 0 Å². The summed E-state index contributed by atoms with van der Waals surface area (Å²) in [5.41, 5.74) is 1.44. The van der Waals surface area contributed by atoms with Crippen molar-refractivity contribution in [2.24, 2.45) is 5.92 Å². The van der Waals surface area contributed by atoms with Gasteiger partial charge in [0, 0.05) is 10.8 Å². The monoisotopic (exact) mass is 252 g/mol. The fourth-order valence-electron chi connectivity index (χ4n) is 3.05. The zero-order valence-corrected chi connectivity index (χ0v) is 11.8. The maximum absolute atomic E-state index is 10.5. The first-order chi connectivity index (χ1) is 8.26. The minimum Gasteiger partial charge on any atom is -0.392 e. The number of rotatable bonds is 5. The molecule has 0 radical (unpaired) electrons. The second-order valence-electron chi connectivity index (χ2n) is 5.28. The third-order valence-corrected chi connectivity index (χ3v) is 5.29. The molecule has 0 bridgehead atoms. The van der Waals surface area contributed by atoms with E-state index in [2.05, 4.69) is 25.3 Å². The summed E-state index contributed by atoms with van der Waals surface area (Å²) in [4.78, 5) is 1.52. The topological polar surface area (TPSA) is 20.2 Å². The van der Waals surface area contributed by atoms with Crippen LogP contribution in [0.25, 0.3) is 0 Å². The molecule has 0 fully saturated rings. The highest BCUT2D eigenvalue weighted by atomic mass is 32.1. The standard InChI is InChI=1S/C15H24OS/c1-3-11(4-2)10-14(16)12-6-5-7-15-13(12)8-9-17-15/h8-9,11-12,14,16H,3-7,10H2,1-2H3. The zero-order valence-electron chi connectivity index (χ0n) is 11.0. The van der Waals surface area contributed by atoms with E-state index in [-0.39, 0.29) is 6.10 Å². The lowest BCUT2D eigenvalue weighted by Gasteiger charge is -2.29. The van der Waals surface area contributed by atoms with E-state index in [9.17, 15) is 5.11 Å². The van der Waals surface area contributed by atoms with Crippen molar-refractivity contribution >= 4 is 11.3 Å². The Hall–Kier alpha value is -0.340. The number of hydrogen-bond acceptors (Lipinski definition) is 2. The van der Waals surface area contributed by atoms with Gasteiger partial charge in [-0.3, -0.25) is 0 Å². The summed E-state index contributed by atoms with van der Waals surface area (Å²) in [5, 5.41) is 12.7. The Bertz CT molecular complexity index is 340. The lowest BCUT2D eigenvalue weighted by molar-refractivity contribution is 0.104. The van der Waals surface area contributed by atoms with Gasteiger partial charge in [-0.1, -0.05) is 26.7 Å². The Morgan fingerprint density at radius 3 is 2.88 bits per heavy atom. The maximum atomic E-state index is 10.5. The van der Waals surface area contributed by atoms with Crippen molar-refractivity contribution in [3.63, 3.8) is 0 Å². The van der Waals surface area contributed by atoms with E-state index in [1.807, 2.05) is 11.3 Å². The molecule has 1 nitrogen and oxygen atoms in total. The molecule has 96 valence electrons. The minimum absolute atomic E-state index is 0.131. The molecule has 1 aromatic heterocycles. The Morgan fingerprint density at radius 1 is 1.41 bits per heavy atom. The maximum Gasteiger partial charge on any atom is 0.0611 e. The summed E-state index contributed by atoms with van der Waals surface area (Å²) < 4.78 is 0. The molecule has 2 unspecified atom stereocenters. The van der Waals surface area contributed by atoms with Crippen LogP contribution in [0.5, 0.6) is 0 Å². The summed E-state index contributed by atoms with van der Waals surface area (Å²) >= 11 is 1.87. The molecule has 0 aliphatic heterocycles. The molecular weight excluding hydrogens is 228 g/mol. The molecule has 1 heterocycles. The van der Waals surface area contributed by atoms with Crippen LogP contribution >= 0.6 is 11.3 Å². The van der Waals surface area contributed by atoms with Crippen LogP contribution in [0.1, 0.15) is 62.3 Å². The van der Waals surface area contributed by atoms with Gasteiger partial charge < -0.3 is 5.11 Å². The molecular formula is C15H24OS. The van der Waals surface area contributed by atoms with Gasteiger partial charge in [0.25, 0.3) is 0 Å². The van der Waals surface area contributed by atoms with Crippen LogP contribution in [0.4, 0.5) is 0 Å². The van der Waals surface area contributed by atoms with Crippen molar-refractivity contribution in [1.29, 1.82) is 0 Å². The van der Waals surface area contributed by atoms with Gasteiger partial charge in [-0.05, 0) is 48.6 Å². The van der Waals surface area contributed by atoms with Gasteiger partial charge in [0.15, 0.2) is 0 Å². The Kier molecular flexibility index (Phi) is 4.63. The summed E-state index contributed by atoms with van der Waals surface area (Å²) in [6, 6.07) is 2.24. The second kappa shape index (κ2) is 6.01. The molecule has 0 saturated heterocycles. The van der Waals surface area contributed by atoms with Crippen LogP contribution in [0, 0.1) is 5.92 Å². The first-order valence-electron chi connectivity index (χ1n) is 7.00. The normalized spacial score (nSPS) is 21.5. The summed E-state index contributed by atoms with van der Waals surface area (Å²) in [7, 11) is 0. The van der Waals surface area contributed by atoms with E-state index in [4.69, 9.17) is 0 Å². The van der Waals surface area contributed by atoms with Crippen LogP contribution < -0.4 is 0 Å². The van der Waals surface area contributed by atoms with Gasteiger partial charge >= 0.3 is 0 Å². The highest BCUT2D eigenvalue weighted by Gasteiger charge is 2.28. The van der Waals surface area contributed by atoms with Crippen molar-refractivity contribution < 1.29 is 5.11 Å². The molecule has 2 heteroatoms. The molecule has 2 atom stereocenters. The number of aliphatic hydroxyl groups excluding tert-OH is 1. The number of aryl methyl sites for hydroxylation is 1. The van der Waals surface area contributed by atoms with Gasteiger partial charge in [0.2, 0.25) is 0 Å². The number of aliphatic hydroxyl groups is 1. The highest BCUT2D eigenvalue weighted by molar-refractivity contribution is 7.10. The van der Waals surface area contributed by atoms with E-state index in [1.54, 1.807) is 0 Å². The van der Waals surface area contributed by atoms with Crippen molar-refractivity contribution in [2.45, 2.75) is 64.4 Å². The fourth-order valence-corrected chi connectivity index (χ4v) is 4.05. The molecule has 17 heavy (non-hydrogen) atoms. The van der Waals surface area contributed by atoms with Gasteiger partial charge in [-0.25, -0.2) is 0 Å². The van der Waals surface area contributed by atoms with Crippen molar-refractivity contribution in [1.82, 2.24) is 0 Å². The minimum atomic E-state index is -0.131. The van der Waals surface area contributed by atoms with Crippen molar-refractivity contribution in [2.75, 3.05) is 0 Å². The predicted molar refractivity (Wildman–Crippen MR) is 74.7 cm³/mol. The van der Waals surface area contributed by atoms with Crippen LogP contribution in [-0.4, -0.2) is 11.2 Å². The molecule has 0 saturated carbocycles. The molecule has 1 N–H and O–H groups in total. The Labute approximate surface area is 109 Å². The van der Waals surface area contributed by atoms with E-state index < -0.39 is 0 Å². The third kappa shape index (κ3) is 2.92. The average Bonchev–Trinajstić information content (AvgIpc) is 2.83. The van der Waals surface area contributed by atoms with Crippen molar-refractivity contribution in [3.8, 4) is 0 Å². The Balaban J connectivity index is 2.04. The lowest BCUT2D eigenvalue weighted by Crippen LogP contribution is -2.24. The molecule has 2 rings (SSSR count). The number of hydrogen-bond donors (Lipinski definition) is 1. The molecule has 0 spiro atoms. The predicted octanol–water partition coefficient (Wildman–Crippen LogP) is 4.36. The average molecular weight is 252 g/mol. The fraction of sp³-hybridized carbons (Fsp3) is 0.733. The SMILES string of the molecule is CCC(CC)CC(O)C1CCCc2sccc21. The number of thiophene rings is 1. The molecule has 0 aromatic carbocycles. The summed E-state index contributed by atoms with van der Waals surface area (Å²) in [6.07, 6.45) is 6.87. The van der Waals surface area contributed by atoms with Gasteiger partial charge in [-0.2, -0.15) is 0 Å². The highest BCUT2D eigenvalue weighted by Crippen LogP contribution is 2.38. The quantitative estimate of drug-likeness (QED) is 0.825. The van der Waals surface area contributed by atoms with Crippen LogP contribution in [-0.2, 0) is 6.42 Å². The van der Waals surface area contributed by atoms with Crippen LogP contribution in [0.15, 0.2) is 11.4 Å². The van der Waals surface area contributed by atoms with Crippen LogP contribution in [0.2, 0.25) is 0 Å². The summed E-state index contributed by atoms with van der Waals surface area (Å²) in [5.74, 6) is 1.10. The largest absolute Gasteiger partial charge is 0.392 e. The number of fused-ring (bicyclic) bond motifs is 1. The van der Waals surface area contributed by atoms with E-state index in [1.165, 1.54) is 42.5 Å². The summed E-state index contributed by atoms with van der Waals surface area (Å²) in [6.45, 7) is 4.47. The second-order valence-corrected chi connectivity index (χ2v) is 6.28. The van der Waals surface area contributed by atoms with E-state index in [0.29, 0.717) is 11.8 Å². The first-order valence-corrected chi connectivity index (χ1v) is 7.88. The van der Waals surface area contributed by atoms with Gasteiger partial charge in [-0.15, -0.1) is 11.3 Å². The first kappa shape index (κ1) is 13.1.